The fourth-order valence-corrected chi connectivity index (χ4v) is 2.92. The van der Waals surface area contributed by atoms with Crippen LogP contribution in [0, 0.1) is 6.92 Å². The van der Waals surface area contributed by atoms with Gasteiger partial charge in [-0.15, -0.1) is 0 Å². The molecule has 0 aliphatic carbocycles. The summed E-state index contributed by atoms with van der Waals surface area (Å²) in [7, 11) is 0. The topological polar surface area (TPSA) is 47.3 Å². The highest BCUT2D eigenvalue weighted by Gasteiger charge is 2.29. The molecule has 104 valence electrons. The number of rotatable bonds is 3. The molecule has 0 aromatic heterocycles. The van der Waals surface area contributed by atoms with Crippen LogP contribution in [0.5, 0.6) is 0 Å². The third-order valence-electron chi connectivity index (χ3n) is 3.91. The number of fused-ring (bicyclic) bond motifs is 1. The Balaban J connectivity index is 1.99. The minimum absolute atomic E-state index is 0.0312. The summed E-state index contributed by atoms with van der Waals surface area (Å²) >= 11 is 0. The van der Waals surface area contributed by atoms with Crippen molar-refractivity contribution in [3.05, 3.63) is 70.8 Å². The number of aryl methyl sites for hydroxylation is 1. The lowest BCUT2D eigenvalue weighted by molar-refractivity contribution is 0.0147. The normalized spacial score (nSPS) is 19.4. The predicted molar refractivity (Wildman–Crippen MR) is 80.1 cm³/mol. The van der Waals surface area contributed by atoms with Crippen LogP contribution >= 0.6 is 0 Å². The van der Waals surface area contributed by atoms with Gasteiger partial charge in [-0.3, -0.25) is 11.3 Å². The summed E-state index contributed by atoms with van der Waals surface area (Å²) in [6.07, 6.45) is 0.935. The van der Waals surface area contributed by atoms with Crippen LogP contribution in [-0.4, -0.2) is 6.61 Å². The maximum atomic E-state index is 6.01. The van der Waals surface area contributed by atoms with Gasteiger partial charge in [0.05, 0.1) is 12.6 Å². The standard InChI is InChI=1S/C17H20N2O/c1-12-5-4-7-14(11-12)16(19-18)17-15-8-3-2-6-13(15)9-10-20-17/h2-8,11,16-17,19H,9-10,18H2,1H3. The van der Waals surface area contributed by atoms with E-state index in [9.17, 15) is 0 Å². The molecule has 0 bridgehead atoms. The number of ether oxygens (including phenoxy) is 1. The molecule has 3 nitrogen and oxygen atoms in total. The molecule has 2 aromatic rings. The second-order valence-electron chi connectivity index (χ2n) is 5.30. The molecule has 0 spiro atoms. The molecule has 2 aromatic carbocycles. The molecular formula is C17H20N2O. The van der Waals surface area contributed by atoms with Crippen LogP contribution in [-0.2, 0) is 11.2 Å². The molecule has 2 unspecified atom stereocenters. The largest absolute Gasteiger partial charge is 0.371 e. The van der Waals surface area contributed by atoms with Crippen LogP contribution in [0.1, 0.15) is 34.4 Å². The lowest BCUT2D eigenvalue weighted by Crippen LogP contribution is -2.35. The minimum Gasteiger partial charge on any atom is -0.371 e. The molecule has 3 rings (SSSR count). The Hall–Kier alpha value is -1.68. The van der Waals surface area contributed by atoms with Gasteiger partial charge in [0.25, 0.3) is 0 Å². The molecule has 1 aliphatic heterocycles. The summed E-state index contributed by atoms with van der Waals surface area (Å²) in [6, 6.07) is 16.8. The monoisotopic (exact) mass is 268 g/mol. The second kappa shape index (κ2) is 5.75. The lowest BCUT2D eigenvalue weighted by atomic mass is 9.90. The van der Waals surface area contributed by atoms with Crippen molar-refractivity contribution in [2.45, 2.75) is 25.5 Å². The van der Waals surface area contributed by atoms with Crippen molar-refractivity contribution in [2.24, 2.45) is 5.84 Å². The number of hydrazine groups is 1. The minimum atomic E-state index is -0.0354. The molecule has 20 heavy (non-hydrogen) atoms. The van der Waals surface area contributed by atoms with Gasteiger partial charge in [0.2, 0.25) is 0 Å². The first kappa shape index (κ1) is 13.3. The third kappa shape index (κ3) is 2.48. The average Bonchev–Trinajstić information content (AvgIpc) is 2.48. The van der Waals surface area contributed by atoms with Crippen molar-refractivity contribution in [1.82, 2.24) is 5.43 Å². The van der Waals surface area contributed by atoms with Gasteiger partial charge < -0.3 is 4.74 Å². The van der Waals surface area contributed by atoms with Crippen molar-refractivity contribution in [3.63, 3.8) is 0 Å². The maximum absolute atomic E-state index is 6.01. The van der Waals surface area contributed by atoms with E-state index in [1.54, 1.807) is 0 Å². The summed E-state index contributed by atoms with van der Waals surface area (Å²) in [5.74, 6) is 5.81. The van der Waals surface area contributed by atoms with Crippen molar-refractivity contribution in [1.29, 1.82) is 0 Å². The Morgan fingerprint density at radius 3 is 2.85 bits per heavy atom. The highest BCUT2D eigenvalue weighted by molar-refractivity contribution is 5.35. The van der Waals surface area contributed by atoms with Gasteiger partial charge in [-0.25, -0.2) is 0 Å². The summed E-state index contributed by atoms with van der Waals surface area (Å²) < 4.78 is 6.01. The summed E-state index contributed by atoms with van der Waals surface area (Å²) in [4.78, 5) is 0. The van der Waals surface area contributed by atoms with Crippen LogP contribution in [0.2, 0.25) is 0 Å². The summed E-state index contributed by atoms with van der Waals surface area (Å²) in [5.41, 5.74) is 7.92. The van der Waals surface area contributed by atoms with Crippen LogP contribution in [0.25, 0.3) is 0 Å². The quantitative estimate of drug-likeness (QED) is 0.664. The van der Waals surface area contributed by atoms with Crippen molar-refractivity contribution < 1.29 is 4.74 Å². The van der Waals surface area contributed by atoms with E-state index in [4.69, 9.17) is 10.6 Å². The number of nitrogens with two attached hydrogens (primary N) is 1. The van der Waals surface area contributed by atoms with E-state index in [-0.39, 0.29) is 12.1 Å². The van der Waals surface area contributed by atoms with E-state index >= 15 is 0 Å². The molecule has 3 N–H and O–H groups in total. The van der Waals surface area contributed by atoms with E-state index in [2.05, 4.69) is 60.9 Å². The van der Waals surface area contributed by atoms with Crippen LogP contribution in [0.15, 0.2) is 48.5 Å². The first-order valence-electron chi connectivity index (χ1n) is 7.01. The van der Waals surface area contributed by atoms with Crippen molar-refractivity contribution >= 4 is 0 Å². The molecule has 3 heteroatoms. The lowest BCUT2D eigenvalue weighted by Gasteiger charge is -2.32. The zero-order chi connectivity index (χ0) is 13.9. The molecule has 0 fully saturated rings. The number of hydrogen-bond acceptors (Lipinski definition) is 3. The van der Waals surface area contributed by atoms with E-state index in [1.807, 2.05) is 0 Å². The Morgan fingerprint density at radius 2 is 2.05 bits per heavy atom. The van der Waals surface area contributed by atoms with Gasteiger partial charge in [-0.1, -0.05) is 54.1 Å². The Morgan fingerprint density at radius 1 is 1.20 bits per heavy atom. The predicted octanol–water partition coefficient (Wildman–Crippen LogP) is 2.81. The number of hydrogen-bond donors (Lipinski definition) is 2. The van der Waals surface area contributed by atoms with Gasteiger partial charge in [0.1, 0.15) is 6.10 Å². The smallest absolute Gasteiger partial charge is 0.103 e. The molecule has 0 amide bonds. The number of nitrogens with one attached hydrogen (secondary N) is 1. The molecular weight excluding hydrogens is 248 g/mol. The van der Waals surface area contributed by atoms with Crippen LogP contribution < -0.4 is 11.3 Å². The fraction of sp³-hybridized carbons (Fsp3) is 0.294. The first-order valence-corrected chi connectivity index (χ1v) is 7.01. The van der Waals surface area contributed by atoms with Crippen LogP contribution in [0.3, 0.4) is 0 Å². The molecule has 0 saturated carbocycles. The molecule has 2 atom stereocenters. The van der Waals surface area contributed by atoms with Crippen LogP contribution in [0.4, 0.5) is 0 Å². The van der Waals surface area contributed by atoms with E-state index in [0.29, 0.717) is 0 Å². The zero-order valence-electron chi connectivity index (χ0n) is 11.7. The first-order chi connectivity index (χ1) is 9.79. The Labute approximate surface area is 119 Å². The van der Waals surface area contributed by atoms with Gasteiger partial charge >= 0.3 is 0 Å². The molecule has 1 heterocycles. The summed E-state index contributed by atoms with van der Waals surface area (Å²) in [5, 5.41) is 0. The molecule has 1 aliphatic rings. The van der Waals surface area contributed by atoms with Crippen molar-refractivity contribution in [2.75, 3.05) is 6.61 Å². The maximum Gasteiger partial charge on any atom is 0.103 e. The highest BCUT2D eigenvalue weighted by atomic mass is 16.5. The van der Waals surface area contributed by atoms with E-state index < -0.39 is 0 Å². The SMILES string of the molecule is Cc1cccc(C(NN)C2OCCc3ccccc32)c1. The van der Waals surface area contributed by atoms with Gasteiger partial charge in [-0.2, -0.15) is 0 Å². The van der Waals surface area contributed by atoms with Gasteiger partial charge in [-0.05, 0) is 30.0 Å². The summed E-state index contributed by atoms with van der Waals surface area (Å²) in [6.45, 7) is 2.83. The highest BCUT2D eigenvalue weighted by Crippen LogP contribution is 2.36. The van der Waals surface area contributed by atoms with E-state index in [0.717, 1.165) is 18.6 Å². The van der Waals surface area contributed by atoms with Gasteiger partial charge in [0, 0.05) is 0 Å². The second-order valence-corrected chi connectivity index (χ2v) is 5.30. The molecule has 0 radical (unpaired) electrons. The Bertz CT molecular complexity index is 597. The Kier molecular flexibility index (Phi) is 3.83. The fourth-order valence-electron chi connectivity index (χ4n) is 2.92. The average molecular weight is 268 g/mol. The number of benzene rings is 2. The van der Waals surface area contributed by atoms with Gasteiger partial charge in [0.15, 0.2) is 0 Å². The molecule has 0 saturated heterocycles. The third-order valence-corrected chi connectivity index (χ3v) is 3.91. The zero-order valence-corrected chi connectivity index (χ0v) is 11.7. The van der Waals surface area contributed by atoms with Crippen molar-refractivity contribution in [3.8, 4) is 0 Å². The van der Waals surface area contributed by atoms with E-state index in [1.165, 1.54) is 16.7 Å².